The Morgan fingerprint density at radius 3 is 2.40 bits per heavy atom. The van der Waals surface area contributed by atoms with Crippen molar-refractivity contribution in [1.29, 1.82) is 0 Å². The van der Waals surface area contributed by atoms with Crippen molar-refractivity contribution in [2.24, 2.45) is 0 Å². The molecule has 1 aromatic rings. The first-order valence-electron chi connectivity index (χ1n) is 5.55. The number of carbonyl (C=O) groups is 3. The zero-order valence-electron chi connectivity index (χ0n) is 10.7. The fraction of sp³-hybridized carbons (Fsp3) is 0.250. The van der Waals surface area contributed by atoms with Crippen molar-refractivity contribution in [2.45, 2.75) is 0 Å². The summed E-state index contributed by atoms with van der Waals surface area (Å²) in [6.07, 6.45) is -0.627. The third kappa shape index (κ3) is 5.83. The highest BCUT2D eigenvalue weighted by atomic mass is 16.5. The van der Waals surface area contributed by atoms with Gasteiger partial charge in [0, 0.05) is 11.4 Å². The lowest BCUT2D eigenvalue weighted by molar-refractivity contribution is -0.143. The quantitative estimate of drug-likeness (QED) is 0.714. The second-order valence-electron chi connectivity index (χ2n) is 3.63. The number of anilines is 2. The summed E-state index contributed by atoms with van der Waals surface area (Å²) in [6.45, 7) is -0.918. The Bertz CT molecular complexity index is 502. The smallest absolute Gasteiger partial charge is 0.411 e. The maximum absolute atomic E-state index is 11.4. The van der Waals surface area contributed by atoms with Gasteiger partial charge < -0.3 is 19.9 Å². The predicted octanol–water partition coefficient (Wildman–Crippen LogP) is 0.905. The van der Waals surface area contributed by atoms with Crippen LogP contribution < -0.4 is 10.6 Å². The number of nitrogens with one attached hydrogen (secondary N) is 2. The fourth-order valence-electron chi connectivity index (χ4n) is 1.27. The highest BCUT2D eigenvalue weighted by Gasteiger charge is 2.06. The van der Waals surface area contributed by atoms with E-state index < -0.39 is 24.6 Å². The van der Waals surface area contributed by atoms with Crippen molar-refractivity contribution < 1.29 is 29.0 Å². The van der Waals surface area contributed by atoms with E-state index in [0.717, 1.165) is 0 Å². The summed E-state index contributed by atoms with van der Waals surface area (Å²) in [6, 6.07) is 6.37. The molecule has 0 unspecified atom stereocenters. The van der Waals surface area contributed by atoms with E-state index in [9.17, 15) is 14.4 Å². The van der Waals surface area contributed by atoms with Crippen LogP contribution >= 0.6 is 0 Å². The Morgan fingerprint density at radius 2 is 1.80 bits per heavy atom. The van der Waals surface area contributed by atoms with Crippen LogP contribution in [0, 0.1) is 0 Å². The monoisotopic (exact) mass is 282 g/mol. The van der Waals surface area contributed by atoms with Crippen molar-refractivity contribution >= 4 is 29.3 Å². The van der Waals surface area contributed by atoms with E-state index in [1.54, 1.807) is 18.2 Å². The molecular formula is C12H14N2O6. The third-order valence-corrected chi connectivity index (χ3v) is 2.04. The number of carboxylic acid groups (broad SMARTS) is 1. The Balaban J connectivity index is 2.50. The molecule has 0 aliphatic heterocycles. The lowest BCUT2D eigenvalue weighted by Crippen LogP contribution is -2.20. The van der Waals surface area contributed by atoms with E-state index in [-0.39, 0.29) is 6.61 Å². The van der Waals surface area contributed by atoms with Crippen molar-refractivity contribution in [3.05, 3.63) is 24.3 Å². The molecule has 0 radical (unpaired) electrons. The number of ether oxygens (including phenoxy) is 2. The zero-order chi connectivity index (χ0) is 15.0. The lowest BCUT2D eigenvalue weighted by Gasteiger charge is -2.08. The van der Waals surface area contributed by atoms with E-state index >= 15 is 0 Å². The van der Waals surface area contributed by atoms with Crippen LogP contribution in [0.5, 0.6) is 0 Å². The molecule has 0 aromatic heterocycles. The molecule has 8 heteroatoms. The highest BCUT2D eigenvalue weighted by molar-refractivity contribution is 5.93. The summed E-state index contributed by atoms with van der Waals surface area (Å²) in [5, 5.41) is 13.3. The standard InChI is InChI=1S/C12H14N2O6/c1-19-12(18)14-9-4-2-3-8(5-9)13-10(15)6-20-7-11(16)17/h2-5H,6-7H2,1H3,(H,13,15)(H,14,18)(H,16,17). The normalized spacial score (nSPS) is 9.65. The van der Waals surface area contributed by atoms with Crippen LogP contribution in [0.1, 0.15) is 0 Å². The van der Waals surface area contributed by atoms with Gasteiger partial charge in [-0.25, -0.2) is 9.59 Å². The molecule has 1 aromatic carbocycles. The number of hydrogen-bond acceptors (Lipinski definition) is 5. The molecule has 0 aliphatic rings. The van der Waals surface area contributed by atoms with Crippen LogP contribution in [-0.4, -0.2) is 43.4 Å². The molecule has 1 rings (SSSR count). The van der Waals surface area contributed by atoms with Gasteiger partial charge in [0.1, 0.15) is 13.2 Å². The molecule has 0 atom stereocenters. The van der Waals surface area contributed by atoms with Gasteiger partial charge in [0.15, 0.2) is 0 Å². The van der Waals surface area contributed by atoms with Gasteiger partial charge in [-0.3, -0.25) is 10.1 Å². The topological polar surface area (TPSA) is 114 Å². The molecule has 3 N–H and O–H groups in total. The largest absolute Gasteiger partial charge is 0.480 e. The lowest BCUT2D eigenvalue weighted by atomic mass is 10.3. The van der Waals surface area contributed by atoms with Crippen LogP contribution in [0.3, 0.4) is 0 Å². The van der Waals surface area contributed by atoms with Crippen LogP contribution in [0.25, 0.3) is 0 Å². The first-order valence-corrected chi connectivity index (χ1v) is 5.55. The minimum Gasteiger partial charge on any atom is -0.480 e. The fourth-order valence-corrected chi connectivity index (χ4v) is 1.27. The van der Waals surface area contributed by atoms with E-state index in [1.807, 2.05) is 0 Å². The maximum Gasteiger partial charge on any atom is 0.411 e. The molecule has 0 heterocycles. The minimum absolute atomic E-state index is 0.374. The van der Waals surface area contributed by atoms with Crippen molar-refractivity contribution in [1.82, 2.24) is 0 Å². The summed E-state index contributed by atoms with van der Waals surface area (Å²) in [4.78, 5) is 32.7. The third-order valence-electron chi connectivity index (χ3n) is 2.04. The first kappa shape index (κ1) is 15.4. The van der Waals surface area contributed by atoms with Gasteiger partial charge in [0.2, 0.25) is 5.91 Å². The number of aliphatic carboxylic acids is 1. The zero-order valence-corrected chi connectivity index (χ0v) is 10.7. The Labute approximate surface area is 114 Å². The number of amides is 2. The van der Waals surface area contributed by atoms with Crippen molar-refractivity contribution in [3.8, 4) is 0 Å². The molecule has 0 fully saturated rings. The predicted molar refractivity (Wildman–Crippen MR) is 69.6 cm³/mol. The molecule has 2 amide bonds. The molecule has 108 valence electrons. The average Bonchev–Trinajstić information content (AvgIpc) is 2.38. The molecule has 0 saturated heterocycles. The Hall–Kier alpha value is -2.61. The number of rotatable bonds is 6. The summed E-state index contributed by atoms with van der Waals surface area (Å²) in [5.74, 6) is -1.65. The number of methoxy groups -OCH3 is 1. The van der Waals surface area contributed by atoms with Crippen LogP contribution in [-0.2, 0) is 19.1 Å². The molecule has 0 aliphatic carbocycles. The number of hydrogen-bond donors (Lipinski definition) is 3. The van der Waals surface area contributed by atoms with Crippen LogP contribution in [0.4, 0.5) is 16.2 Å². The van der Waals surface area contributed by atoms with Gasteiger partial charge in [0.25, 0.3) is 0 Å². The van der Waals surface area contributed by atoms with Crippen LogP contribution in [0.15, 0.2) is 24.3 Å². The molecule has 8 nitrogen and oxygen atoms in total. The molecule has 0 spiro atoms. The van der Waals surface area contributed by atoms with Gasteiger partial charge >= 0.3 is 12.1 Å². The first-order chi connectivity index (χ1) is 9.51. The van der Waals surface area contributed by atoms with Crippen molar-refractivity contribution in [3.63, 3.8) is 0 Å². The summed E-state index contributed by atoms with van der Waals surface area (Å²) >= 11 is 0. The highest BCUT2D eigenvalue weighted by Crippen LogP contribution is 2.15. The molecule has 20 heavy (non-hydrogen) atoms. The number of carboxylic acids is 1. The Morgan fingerprint density at radius 1 is 1.15 bits per heavy atom. The average molecular weight is 282 g/mol. The van der Waals surface area contributed by atoms with E-state index in [0.29, 0.717) is 11.4 Å². The van der Waals surface area contributed by atoms with Crippen molar-refractivity contribution in [2.75, 3.05) is 31.0 Å². The number of benzene rings is 1. The molecular weight excluding hydrogens is 268 g/mol. The summed E-state index contributed by atoms with van der Waals surface area (Å²) < 4.78 is 9.08. The van der Waals surface area contributed by atoms with Gasteiger partial charge in [-0.05, 0) is 18.2 Å². The van der Waals surface area contributed by atoms with Gasteiger partial charge in [-0.2, -0.15) is 0 Å². The van der Waals surface area contributed by atoms with E-state index in [4.69, 9.17) is 5.11 Å². The summed E-state index contributed by atoms with van der Waals surface area (Å²) in [5.41, 5.74) is 0.879. The van der Waals surface area contributed by atoms with E-state index in [2.05, 4.69) is 20.1 Å². The SMILES string of the molecule is COC(=O)Nc1cccc(NC(=O)COCC(=O)O)c1. The van der Waals surface area contributed by atoms with Gasteiger partial charge in [0.05, 0.1) is 7.11 Å². The molecule has 0 saturated carbocycles. The second kappa shape index (κ2) is 7.74. The second-order valence-corrected chi connectivity index (χ2v) is 3.63. The minimum atomic E-state index is -1.15. The molecule has 0 bridgehead atoms. The van der Waals surface area contributed by atoms with Gasteiger partial charge in [-0.15, -0.1) is 0 Å². The number of carbonyl (C=O) groups excluding carboxylic acids is 2. The maximum atomic E-state index is 11.4. The van der Waals surface area contributed by atoms with Gasteiger partial charge in [-0.1, -0.05) is 6.07 Å². The van der Waals surface area contributed by atoms with E-state index in [1.165, 1.54) is 13.2 Å². The Kier molecular flexibility index (Phi) is 5.98. The van der Waals surface area contributed by atoms with Crippen LogP contribution in [0.2, 0.25) is 0 Å². The summed E-state index contributed by atoms with van der Waals surface area (Å²) in [7, 11) is 1.24.